The fourth-order valence-electron chi connectivity index (χ4n) is 6.92. The molecular weight excluding hydrogens is 667 g/mol. The van der Waals surface area contributed by atoms with E-state index in [0.717, 1.165) is 89.4 Å². The summed E-state index contributed by atoms with van der Waals surface area (Å²) in [6.45, 7) is 4.22. The zero-order valence-corrected chi connectivity index (χ0v) is 29.1. The second-order valence-corrected chi connectivity index (χ2v) is 12.8. The quantitative estimate of drug-likeness (QED) is 0.172. The molecule has 5 heteroatoms. The van der Waals surface area contributed by atoms with Gasteiger partial charge in [-0.3, -0.25) is 0 Å². The molecule has 3 aromatic heterocycles. The Balaban J connectivity index is 0.00000374. The summed E-state index contributed by atoms with van der Waals surface area (Å²) in [6.07, 6.45) is 8.44. The molecule has 0 fully saturated rings. The van der Waals surface area contributed by atoms with E-state index in [0.29, 0.717) is 0 Å². The van der Waals surface area contributed by atoms with Gasteiger partial charge in [0.1, 0.15) is 0 Å². The molecule has 2 aliphatic heterocycles. The van der Waals surface area contributed by atoms with Crippen LogP contribution in [0.5, 0.6) is 0 Å². The maximum absolute atomic E-state index is 5.34. The first-order chi connectivity index (χ1) is 24.6. The van der Waals surface area contributed by atoms with Gasteiger partial charge in [0.25, 0.3) is 0 Å². The number of aromatic nitrogens is 4. The third-order valence-electron chi connectivity index (χ3n) is 9.41. The van der Waals surface area contributed by atoms with Gasteiger partial charge in [-0.1, -0.05) is 145 Å². The average Bonchev–Trinajstić information content (AvgIpc) is 3.98. The van der Waals surface area contributed by atoms with Crippen molar-refractivity contribution in [2.45, 2.75) is 13.8 Å². The van der Waals surface area contributed by atoms with Crippen LogP contribution in [0.1, 0.15) is 33.9 Å². The number of benzene rings is 4. The van der Waals surface area contributed by atoms with Crippen molar-refractivity contribution in [2.75, 3.05) is 0 Å². The Hall–Kier alpha value is -6.03. The van der Waals surface area contributed by atoms with Crippen molar-refractivity contribution in [1.29, 1.82) is 0 Å². The summed E-state index contributed by atoms with van der Waals surface area (Å²) in [7, 11) is 0. The molecule has 0 aliphatic carbocycles. The Kier molecular flexibility index (Phi) is 8.43. The van der Waals surface area contributed by atoms with Crippen LogP contribution in [0.3, 0.4) is 0 Å². The van der Waals surface area contributed by atoms with E-state index in [4.69, 9.17) is 19.9 Å². The van der Waals surface area contributed by atoms with E-state index in [1.807, 2.05) is 12.1 Å². The van der Waals surface area contributed by atoms with E-state index in [2.05, 4.69) is 159 Å². The Morgan fingerprint density at radius 1 is 0.333 bits per heavy atom. The number of hydrogen-bond acceptors (Lipinski definition) is 2. The third kappa shape index (κ3) is 5.96. The minimum atomic E-state index is 0. The molecule has 5 heterocycles. The van der Waals surface area contributed by atoms with Crippen LogP contribution in [0.15, 0.2) is 133 Å². The van der Waals surface area contributed by atoms with Gasteiger partial charge in [0.15, 0.2) is 0 Å². The minimum Gasteiger partial charge on any atom is -0.657 e. The van der Waals surface area contributed by atoms with Gasteiger partial charge in [0, 0.05) is 0 Å². The van der Waals surface area contributed by atoms with Crippen molar-refractivity contribution in [2.24, 2.45) is 0 Å². The molecule has 7 aromatic rings. The van der Waals surface area contributed by atoms with Gasteiger partial charge in [-0.05, 0) is 82.7 Å². The van der Waals surface area contributed by atoms with Gasteiger partial charge in [0.2, 0.25) is 0 Å². The van der Waals surface area contributed by atoms with Crippen LogP contribution in [0.4, 0.5) is 0 Å². The number of aryl methyl sites for hydroxylation is 2. The molecule has 246 valence electrons. The van der Waals surface area contributed by atoms with Crippen LogP contribution in [-0.4, -0.2) is 9.97 Å². The molecule has 0 unspecified atom stereocenters. The molecule has 0 saturated carbocycles. The number of nitrogens with zero attached hydrogens (tertiary/aromatic N) is 4. The summed E-state index contributed by atoms with van der Waals surface area (Å²) in [5.74, 6) is 0. The van der Waals surface area contributed by atoms with Gasteiger partial charge >= 0.3 is 16.5 Å². The molecule has 4 aromatic carbocycles. The second-order valence-electron chi connectivity index (χ2n) is 12.8. The topological polar surface area (TPSA) is 54.0 Å². The zero-order chi connectivity index (χ0) is 33.6. The molecule has 0 amide bonds. The summed E-state index contributed by atoms with van der Waals surface area (Å²) < 4.78 is 0. The Morgan fingerprint density at radius 3 is 0.902 bits per heavy atom. The maximum Gasteiger partial charge on any atom is 2.00 e. The molecule has 4 nitrogen and oxygen atoms in total. The van der Waals surface area contributed by atoms with Gasteiger partial charge < -0.3 is 9.97 Å². The van der Waals surface area contributed by atoms with E-state index < -0.39 is 0 Å². The average molecular weight is 699 g/mol. The first kappa shape index (κ1) is 32.2. The van der Waals surface area contributed by atoms with Crippen molar-refractivity contribution in [1.82, 2.24) is 19.9 Å². The summed E-state index contributed by atoms with van der Waals surface area (Å²) in [5, 5.41) is 0. The Labute approximate surface area is 307 Å². The molecule has 9 rings (SSSR count). The largest absolute Gasteiger partial charge is 2.00 e. The Morgan fingerprint density at radius 2 is 0.608 bits per heavy atom. The van der Waals surface area contributed by atoms with Crippen molar-refractivity contribution in [3.8, 4) is 44.5 Å². The van der Waals surface area contributed by atoms with Gasteiger partial charge in [-0.2, -0.15) is 0 Å². The van der Waals surface area contributed by atoms with E-state index in [-0.39, 0.29) is 16.5 Å². The molecule has 0 spiro atoms. The van der Waals surface area contributed by atoms with Crippen LogP contribution in [0, 0.1) is 13.8 Å². The van der Waals surface area contributed by atoms with Crippen molar-refractivity contribution in [3.63, 3.8) is 0 Å². The van der Waals surface area contributed by atoms with Crippen molar-refractivity contribution in [3.05, 3.63) is 167 Å². The monoisotopic (exact) mass is 698 g/mol. The molecule has 51 heavy (non-hydrogen) atoms. The third-order valence-corrected chi connectivity index (χ3v) is 9.41. The maximum atomic E-state index is 5.34. The van der Waals surface area contributed by atoms with Crippen LogP contribution in [0.25, 0.3) is 90.9 Å². The molecule has 0 saturated heterocycles. The van der Waals surface area contributed by atoms with Crippen LogP contribution in [0.2, 0.25) is 0 Å². The fraction of sp³-hybridized carbons (Fsp3) is 0.0435. The molecule has 0 N–H and O–H groups in total. The molecular formula is C46H32N4Ni. The van der Waals surface area contributed by atoms with Crippen molar-refractivity contribution >= 4 is 46.4 Å². The predicted molar refractivity (Wildman–Crippen MR) is 208 cm³/mol. The molecule has 8 bridgehead atoms. The number of hydrogen-bond donors (Lipinski definition) is 0. The summed E-state index contributed by atoms with van der Waals surface area (Å²) in [5.41, 5.74) is 17.5. The number of fused-ring (bicyclic) bond motifs is 8. The van der Waals surface area contributed by atoms with Gasteiger partial charge in [0.05, 0.1) is 22.8 Å². The zero-order valence-electron chi connectivity index (χ0n) is 28.1. The first-order valence-electron chi connectivity index (χ1n) is 16.9. The van der Waals surface area contributed by atoms with Gasteiger partial charge in [-0.15, -0.1) is 22.1 Å². The molecule has 0 radical (unpaired) electrons. The second kappa shape index (κ2) is 13.4. The SMILES string of the molecule is Cc1ccc(-c2c3nc(c(-c4ccccc4)c4ccc([n-]4)c(-c4ccc(C)cc4)c4nc(c(-c5ccccc5)c5ccc2[n-]5)C=C4)C=C3)cc1.[Ni+2]. The van der Waals surface area contributed by atoms with E-state index in [1.54, 1.807) is 0 Å². The fourth-order valence-corrected chi connectivity index (χ4v) is 6.92. The van der Waals surface area contributed by atoms with Crippen LogP contribution >= 0.6 is 0 Å². The standard InChI is InChI=1S/C46H32N4.Ni/c1-29-13-17-33(18-14-29)45-39-25-21-35(47-39)43(31-9-5-3-6-10-31)37-23-27-41(49-37)46(34-19-15-30(2)16-20-34)42-28-24-38(50-42)44(32-11-7-4-8-12-32)36-22-26-40(45)48-36;/h3-28H,1-2H3;/q-2;+2. The predicted octanol–water partition coefficient (Wildman–Crippen LogP) is 11.2. The first-order valence-corrected chi connectivity index (χ1v) is 16.9. The Bertz CT molecular complexity index is 2440. The normalized spacial score (nSPS) is 11.8. The van der Waals surface area contributed by atoms with Crippen molar-refractivity contribution < 1.29 is 16.5 Å². The molecule has 2 aliphatic rings. The van der Waals surface area contributed by atoms with E-state index in [1.165, 1.54) is 11.1 Å². The van der Waals surface area contributed by atoms with Crippen LogP contribution in [-0.2, 0) is 16.5 Å². The van der Waals surface area contributed by atoms with E-state index >= 15 is 0 Å². The summed E-state index contributed by atoms with van der Waals surface area (Å²) in [4.78, 5) is 21.4. The van der Waals surface area contributed by atoms with Gasteiger partial charge in [-0.25, -0.2) is 9.97 Å². The van der Waals surface area contributed by atoms with E-state index in [9.17, 15) is 0 Å². The van der Waals surface area contributed by atoms with Crippen LogP contribution < -0.4 is 9.97 Å². The smallest absolute Gasteiger partial charge is 0.657 e. The minimum absolute atomic E-state index is 0. The number of rotatable bonds is 4. The summed E-state index contributed by atoms with van der Waals surface area (Å²) in [6, 6.07) is 46.5. The summed E-state index contributed by atoms with van der Waals surface area (Å²) >= 11 is 0. The molecule has 0 atom stereocenters.